The number of amides is 1. The Bertz CT molecular complexity index is 907. The minimum atomic E-state index is -0.0875. The Balaban J connectivity index is 0.00000225. The molecule has 1 aliphatic heterocycles. The Morgan fingerprint density at radius 3 is 2.71 bits per heavy atom. The summed E-state index contributed by atoms with van der Waals surface area (Å²) in [4.78, 5) is 16.7. The highest BCUT2D eigenvalue weighted by molar-refractivity contribution is 7.09. The monoisotopic (exact) mass is 416 g/mol. The van der Waals surface area contributed by atoms with Crippen molar-refractivity contribution in [2.45, 2.75) is 19.4 Å². The Hall–Kier alpha value is -2.15. The van der Waals surface area contributed by atoms with Gasteiger partial charge in [0.1, 0.15) is 0 Å². The number of nitrogens with one attached hydrogen (secondary N) is 1. The molecule has 0 spiro atoms. The molecule has 0 radical (unpaired) electrons. The van der Waals surface area contributed by atoms with Crippen LogP contribution in [0, 0.1) is 12.8 Å². The molecule has 1 fully saturated rings. The molecule has 3 heterocycles. The van der Waals surface area contributed by atoms with Crippen LogP contribution < -0.4 is 10.2 Å². The first-order valence-corrected chi connectivity index (χ1v) is 10.1. The lowest BCUT2D eigenvalue weighted by atomic mass is 9.89. The highest BCUT2D eigenvalue weighted by atomic mass is 35.5. The summed E-state index contributed by atoms with van der Waals surface area (Å²) < 4.78 is 1.80. The van der Waals surface area contributed by atoms with Gasteiger partial charge in [0.05, 0.1) is 18.7 Å². The fourth-order valence-electron chi connectivity index (χ4n) is 3.70. The third-order valence-corrected chi connectivity index (χ3v) is 6.05. The molecule has 1 aromatic carbocycles. The smallest absolute Gasteiger partial charge is 0.232 e. The van der Waals surface area contributed by atoms with Crippen LogP contribution in [0.15, 0.2) is 54.2 Å². The number of hydrogen-bond donors (Lipinski definition) is 1. The van der Waals surface area contributed by atoms with Crippen molar-refractivity contribution in [2.24, 2.45) is 13.0 Å². The number of halogens is 1. The predicted octanol–water partition coefficient (Wildman–Crippen LogP) is 3.75. The summed E-state index contributed by atoms with van der Waals surface area (Å²) >= 11 is 1.69. The molecular formula is C21H25ClN4OS. The van der Waals surface area contributed by atoms with E-state index in [0.717, 1.165) is 17.8 Å². The Morgan fingerprint density at radius 1 is 1.29 bits per heavy atom. The minimum Gasteiger partial charge on any atom is -0.315 e. The highest BCUT2D eigenvalue weighted by Crippen LogP contribution is 2.32. The molecule has 2 atom stereocenters. The van der Waals surface area contributed by atoms with Crippen molar-refractivity contribution in [3.8, 4) is 0 Å². The van der Waals surface area contributed by atoms with Gasteiger partial charge in [0.15, 0.2) is 0 Å². The molecule has 4 rings (SSSR count). The zero-order valence-electron chi connectivity index (χ0n) is 16.0. The van der Waals surface area contributed by atoms with E-state index in [-0.39, 0.29) is 30.2 Å². The molecule has 0 saturated carbocycles. The maximum absolute atomic E-state index is 13.6. The zero-order chi connectivity index (χ0) is 18.8. The van der Waals surface area contributed by atoms with E-state index in [1.54, 1.807) is 16.0 Å². The van der Waals surface area contributed by atoms with Crippen molar-refractivity contribution >= 4 is 35.3 Å². The van der Waals surface area contributed by atoms with Crippen LogP contribution in [0.1, 0.15) is 21.9 Å². The van der Waals surface area contributed by atoms with E-state index in [9.17, 15) is 4.79 Å². The van der Waals surface area contributed by atoms with Crippen molar-refractivity contribution in [1.82, 2.24) is 15.1 Å². The van der Waals surface area contributed by atoms with E-state index in [0.29, 0.717) is 13.1 Å². The van der Waals surface area contributed by atoms with Gasteiger partial charge in [-0.2, -0.15) is 5.10 Å². The van der Waals surface area contributed by atoms with Crippen molar-refractivity contribution < 1.29 is 4.79 Å². The van der Waals surface area contributed by atoms with Gasteiger partial charge in [-0.3, -0.25) is 9.48 Å². The molecule has 3 aromatic rings. The quantitative estimate of drug-likeness (QED) is 0.689. The van der Waals surface area contributed by atoms with Crippen molar-refractivity contribution in [1.29, 1.82) is 0 Å². The molecule has 148 valence electrons. The molecule has 0 aliphatic carbocycles. The largest absolute Gasteiger partial charge is 0.315 e. The van der Waals surface area contributed by atoms with Crippen LogP contribution >= 0.6 is 23.7 Å². The standard InChI is InChI=1S/C21H24N4OS.ClH/c1-15-5-7-17(8-6-15)25(14-18-4-3-9-27-18)21(26)20-12-22-11-19(20)16-10-23-24(2)13-16;/h3-10,13,19-20,22H,11-12,14H2,1-2H3;1H/t19-,20+;/m1./s1. The van der Waals surface area contributed by atoms with Crippen molar-refractivity contribution in [3.05, 3.63) is 70.2 Å². The lowest BCUT2D eigenvalue weighted by molar-refractivity contribution is -0.122. The first-order valence-electron chi connectivity index (χ1n) is 9.21. The molecular weight excluding hydrogens is 392 g/mol. The molecule has 1 saturated heterocycles. The highest BCUT2D eigenvalue weighted by Gasteiger charge is 2.37. The molecule has 7 heteroatoms. The van der Waals surface area contributed by atoms with Gasteiger partial charge in [-0.25, -0.2) is 0 Å². The molecule has 2 aromatic heterocycles. The van der Waals surface area contributed by atoms with E-state index in [1.165, 1.54) is 10.4 Å². The fraction of sp³-hybridized carbons (Fsp3) is 0.333. The summed E-state index contributed by atoms with van der Waals surface area (Å²) in [5.74, 6) is 0.240. The second kappa shape index (κ2) is 8.90. The summed E-state index contributed by atoms with van der Waals surface area (Å²) in [7, 11) is 1.91. The van der Waals surface area contributed by atoms with Gasteiger partial charge in [0.25, 0.3) is 0 Å². The molecule has 0 unspecified atom stereocenters. The minimum absolute atomic E-state index is 0. The average molecular weight is 417 g/mol. The third-order valence-electron chi connectivity index (χ3n) is 5.19. The maximum Gasteiger partial charge on any atom is 0.232 e. The number of anilines is 1. The van der Waals surface area contributed by atoms with Gasteiger partial charge in [0.2, 0.25) is 5.91 Å². The van der Waals surface area contributed by atoms with Gasteiger partial charge in [-0.15, -0.1) is 23.7 Å². The first kappa shape index (κ1) is 20.6. The van der Waals surface area contributed by atoms with Gasteiger partial charge in [-0.1, -0.05) is 23.8 Å². The average Bonchev–Trinajstić information content (AvgIpc) is 3.41. The number of rotatable bonds is 5. The van der Waals surface area contributed by atoms with Crippen LogP contribution in [-0.4, -0.2) is 28.8 Å². The van der Waals surface area contributed by atoms with Crippen LogP contribution in [0.2, 0.25) is 0 Å². The van der Waals surface area contributed by atoms with E-state index < -0.39 is 0 Å². The number of hydrogen-bond acceptors (Lipinski definition) is 4. The summed E-state index contributed by atoms with van der Waals surface area (Å²) in [6.07, 6.45) is 3.90. The van der Waals surface area contributed by atoms with Crippen LogP contribution in [-0.2, 0) is 18.4 Å². The lowest BCUT2D eigenvalue weighted by Gasteiger charge is -2.27. The van der Waals surface area contributed by atoms with Crippen LogP contribution in [0.25, 0.3) is 0 Å². The molecule has 1 N–H and O–H groups in total. The number of nitrogens with zero attached hydrogens (tertiary/aromatic N) is 3. The lowest BCUT2D eigenvalue weighted by Crippen LogP contribution is -2.38. The number of aryl methyl sites for hydroxylation is 2. The second-order valence-electron chi connectivity index (χ2n) is 7.16. The maximum atomic E-state index is 13.6. The molecule has 28 heavy (non-hydrogen) atoms. The summed E-state index contributed by atoms with van der Waals surface area (Å²) in [6.45, 7) is 4.18. The number of carbonyl (C=O) groups is 1. The number of carbonyl (C=O) groups excluding carboxylic acids is 1. The molecule has 5 nitrogen and oxygen atoms in total. The van der Waals surface area contributed by atoms with Gasteiger partial charge >= 0.3 is 0 Å². The van der Waals surface area contributed by atoms with Gasteiger partial charge < -0.3 is 10.2 Å². The van der Waals surface area contributed by atoms with Crippen LogP contribution in [0.5, 0.6) is 0 Å². The van der Waals surface area contributed by atoms with Crippen molar-refractivity contribution in [2.75, 3.05) is 18.0 Å². The second-order valence-corrected chi connectivity index (χ2v) is 8.19. The molecule has 1 amide bonds. The fourth-order valence-corrected chi connectivity index (χ4v) is 4.39. The summed E-state index contributed by atoms with van der Waals surface area (Å²) in [6, 6.07) is 12.3. The van der Waals surface area contributed by atoms with E-state index in [1.807, 2.05) is 42.5 Å². The van der Waals surface area contributed by atoms with Gasteiger partial charge in [-0.05, 0) is 36.1 Å². The van der Waals surface area contributed by atoms with Gasteiger partial charge in [0, 0.05) is 42.8 Å². The van der Waals surface area contributed by atoms with Crippen LogP contribution in [0.4, 0.5) is 5.69 Å². The Kier molecular flexibility index (Phi) is 6.54. The number of benzene rings is 1. The topological polar surface area (TPSA) is 50.2 Å². The number of thiophene rings is 1. The van der Waals surface area contributed by atoms with E-state index >= 15 is 0 Å². The normalized spacial score (nSPS) is 18.6. The zero-order valence-corrected chi connectivity index (χ0v) is 17.7. The summed E-state index contributed by atoms with van der Waals surface area (Å²) in [5, 5.41) is 9.76. The molecule has 0 bridgehead atoms. The van der Waals surface area contributed by atoms with Crippen molar-refractivity contribution in [3.63, 3.8) is 0 Å². The van der Waals surface area contributed by atoms with E-state index in [4.69, 9.17) is 0 Å². The molecule has 1 aliphatic rings. The van der Waals surface area contributed by atoms with Crippen LogP contribution in [0.3, 0.4) is 0 Å². The predicted molar refractivity (Wildman–Crippen MR) is 116 cm³/mol. The Labute approximate surface area is 175 Å². The SMILES string of the molecule is Cc1ccc(N(Cc2cccs2)C(=O)[C@H]2CNC[C@@H]2c2cnn(C)c2)cc1.Cl. The first-order chi connectivity index (χ1) is 13.1. The Morgan fingerprint density at radius 2 is 2.07 bits per heavy atom. The van der Waals surface area contributed by atoms with E-state index in [2.05, 4.69) is 40.9 Å². The summed E-state index contributed by atoms with van der Waals surface area (Å²) in [5.41, 5.74) is 3.27. The number of aromatic nitrogens is 2. The third kappa shape index (κ3) is 4.29.